The summed E-state index contributed by atoms with van der Waals surface area (Å²) in [5, 5.41) is 10.3. The molecule has 0 aromatic heterocycles. The average molecular weight is 285 g/mol. The van der Waals surface area contributed by atoms with Gasteiger partial charge < -0.3 is 5.11 Å². The fraction of sp³-hybridized carbons (Fsp3) is 0.533. The van der Waals surface area contributed by atoms with Crippen molar-refractivity contribution in [1.82, 2.24) is 0 Å². The van der Waals surface area contributed by atoms with Gasteiger partial charge in [-0.1, -0.05) is 36.9 Å². The minimum atomic E-state index is -0.990. The first-order chi connectivity index (χ1) is 9.09. The number of halogens is 2. The van der Waals surface area contributed by atoms with Crippen LogP contribution >= 0.6 is 11.6 Å². The number of ketones is 1. The fourth-order valence-electron chi connectivity index (χ4n) is 2.69. The maximum absolute atomic E-state index is 13.6. The zero-order valence-electron chi connectivity index (χ0n) is 10.7. The van der Waals surface area contributed by atoms with Crippen LogP contribution in [0.5, 0.6) is 0 Å². The Morgan fingerprint density at radius 3 is 2.68 bits per heavy atom. The number of benzene rings is 1. The molecule has 1 saturated carbocycles. The first-order valence-electron chi connectivity index (χ1n) is 6.73. The summed E-state index contributed by atoms with van der Waals surface area (Å²) in [7, 11) is 0. The van der Waals surface area contributed by atoms with E-state index >= 15 is 0 Å². The molecule has 0 spiro atoms. The highest BCUT2D eigenvalue weighted by molar-refractivity contribution is 6.31. The van der Waals surface area contributed by atoms with E-state index in [1.807, 2.05) is 0 Å². The van der Waals surface area contributed by atoms with Crippen molar-refractivity contribution in [1.29, 1.82) is 0 Å². The van der Waals surface area contributed by atoms with E-state index in [0.29, 0.717) is 0 Å². The molecule has 1 aromatic rings. The van der Waals surface area contributed by atoms with Crippen LogP contribution in [0.2, 0.25) is 5.02 Å². The van der Waals surface area contributed by atoms with Crippen molar-refractivity contribution in [2.45, 2.75) is 44.6 Å². The Bertz CT molecular complexity index is 435. The molecule has 2 nitrogen and oxygen atoms in total. The number of carbonyl (C=O) groups excluding carboxylic acids is 1. The molecule has 1 aliphatic rings. The third-order valence-corrected chi connectivity index (χ3v) is 4.19. The molecule has 0 bridgehead atoms. The van der Waals surface area contributed by atoms with Crippen LogP contribution in [-0.4, -0.2) is 17.0 Å². The number of carbonyl (C=O) groups is 1. The highest BCUT2D eigenvalue weighted by Crippen LogP contribution is 2.28. The number of rotatable bonds is 4. The van der Waals surface area contributed by atoms with E-state index in [2.05, 4.69) is 0 Å². The maximum Gasteiger partial charge on any atom is 0.166 e. The quantitative estimate of drug-likeness (QED) is 0.918. The van der Waals surface area contributed by atoms with Gasteiger partial charge in [-0.2, -0.15) is 0 Å². The fourth-order valence-corrected chi connectivity index (χ4v) is 2.92. The molecule has 1 atom stereocenters. The van der Waals surface area contributed by atoms with Crippen molar-refractivity contribution in [3.05, 3.63) is 34.6 Å². The van der Waals surface area contributed by atoms with Crippen molar-refractivity contribution >= 4 is 17.4 Å². The Morgan fingerprint density at radius 1 is 1.37 bits per heavy atom. The Hall–Kier alpha value is -0.930. The first-order valence-corrected chi connectivity index (χ1v) is 7.11. The summed E-state index contributed by atoms with van der Waals surface area (Å²) in [6, 6.07) is 4.34. The van der Waals surface area contributed by atoms with Crippen molar-refractivity contribution in [3.8, 4) is 0 Å². The van der Waals surface area contributed by atoms with Crippen LogP contribution in [-0.2, 0) is 11.2 Å². The molecule has 1 aromatic carbocycles. The lowest BCUT2D eigenvalue weighted by Crippen LogP contribution is -2.32. The molecule has 4 heteroatoms. The summed E-state index contributed by atoms with van der Waals surface area (Å²) >= 11 is 5.89. The smallest absolute Gasteiger partial charge is 0.166 e. The predicted octanol–water partition coefficient (Wildman–Crippen LogP) is 3.53. The third kappa shape index (κ3) is 3.54. The first kappa shape index (κ1) is 14.5. The lowest BCUT2D eigenvalue weighted by atomic mass is 9.83. The summed E-state index contributed by atoms with van der Waals surface area (Å²) in [6.45, 7) is 0. The van der Waals surface area contributed by atoms with Crippen LogP contribution in [0.3, 0.4) is 0 Å². The van der Waals surface area contributed by atoms with Crippen LogP contribution in [0.4, 0.5) is 4.39 Å². The van der Waals surface area contributed by atoms with Crippen LogP contribution < -0.4 is 0 Å². The topological polar surface area (TPSA) is 37.3 Å². The zero-order valence-corrected chi connectivity index (χ0v) is 11.5. The van der Waals surface area contributed by atoms with Gasteiger partial charge in [-0.25, -0.2) is 4.39 Å². The van der Waals surface area contributed by atoms with E-state index in [-0.39, 0.29) is 28.7 Å². The molecule has 104 valence electrons. The summed E-state index contributed by atoms with van der Waals surface area (Å²) in [6.07, 6.45) is 3.89. The van der Waals surface area contributed by atoms with Gasteiger partial charge in [-0.3, -0.25) is 4.79 Å². The molecule has 0 saturated heterocycles. The van der Waals surface area contributed by atoms with Gasteiger partial charge in [0.1, 0.15) is 11.9 Å². The Labute approximate surface area is 117 Å². The van der Waals surface area contributed by atoms with Gasteiger partial charge in [-0.05, 0) is 30.9 Å². The van der Waals surface area contributed by atoms with E-state index in [9.17, 15) is 14.3 Å². The second kappa shape index (κ2) is 6.49. The summed E-state index contributed by atoms with van der Waals surface area (Å²) in [4.78, 5) is 12.0. The number of aliphatic hydroxyl groups is 1. The largest absolute Gasteiger partial charge is 0.385 e. The SMILES string of the molecule is O=C(Cc1c(F)cccc1Cl)C(O)C1CCCCC1. The Kier molecular flexibility index (Phi) is 4.94. The number of hydrogen-bond donors (Lipinski definition) is 1. The molecule has 1 N–H and O–H groups in total. The summed E-state index contributed by atoms with van der Waals surface area (Å²) in [5.74, 6) is -0.803. The van der Waals surface area contributed by atoms with E-state index < -0.39 is 11.9 Å². The van der Waals surface area contributed by atoms with Crippen molar-refractivity contribution in [2.24, 2.45) is 5.92 Å². The van der Waals surface area contributed by atoms with Crippen molar-refractivity contribution < 1.29 is 14.3 Å². The summed E-state index contributed by atoms with van der Waals surface area (Å²) < 4.78 is 13.6. The highest BCUT2D eigenvalue weighted by Gasteiger charge is 2.28. The summed E-state index contributed by atoms with van der Waals surface area (Å²) in [5.41, 5.74) is 0.184. The van der Waals surface area contributed by atoms with Crippen LogP contribution in [0, 0.1) is 11.7 Å². The lowest BCUT2D eigenvalue weighted by molar-refractivity contribution is -0.129. The van der Waals surface area contributed by atoms with Crippen molar-refractivity contribution in [2.75, 3.05) is 0 Å². The molecule has 19 heavy (non-hydrogen) atoms. The standard InChI is InChI=1S/C15H18ClFO2/c16-12-7-4-8-13(17)11(12)9-14(18)15(19)10-5-2-1-3-6-10/h4,7-8,10,15,19H,1-3,5-6,9H2. The second-order valence-corrected chi connectivity index (χ2v) is 5.59. The number of Topliss-reactive ketones (excluding diaryl/α,β-unsaturated/α-hetero) is 1. The molecular weight excluding hydrogens is 267 g/mol. The molecule has 0 heterocycles. The Balaban J connectivity index is 2.04. The average Bonchev–Trinajstić information content (AvgIpc) is 2.43. The highest BCUT2D eigenvalue weighted by atomic mass is 35.5. The van der Waals surface area contributed by atoms with Crippen molar-refractivity contribution in [3.63, 3.8) is 0 Å². The van der Waals surface area contributed by atoms with E-state index in [0.717, 1.165) is 32.1 Å². The minimum absolute atomic E-state index is 0.0202. The normalized spacial score (nSPS) is 18.3. The minimum Gasteiger partial charge on any atom is -0.385 e. The van der Waals surface area contributed by atoms with Gasteiger partial charge in [0, 0.05) is 17.0 Å². The third-order valence-electron chi connectivity index (χ3n) is 3.84. The molecule has 0 amide bonds. The Morgan fingerprint density at radius 2 is 2.05 bits per heavy atom. The molecule has 2 rings (SSSR count). The van der Waals surface area contributed by atoms with Gasteiger partial charge in [-0.15, -0.1) is 0 Å². The molecule has 0 radical (unpaired) electrons. The van der Waals surface area contributed by atoms with Crippen LogP contribution in [0.15, 0.2) is 18.2 Å². The lowest BCUT2D eigenvalue weighted by Gasteiger charge is -2.25. The molecular formula is C15H18ClFO2. The predicted molar refractivity (Wildman–Crippen MR) is 72.7 cm³/mol. The van der Waals surface area contributed by atoms with Gasteiger partial charge in [0.25, 0.3) is 0 Å². The maximum atomic E-state index is 13.6. The van der Waals surface area contributed by atoms with Crippen LogP contribution in [0.25, 0.3) is 0 Å². The van der Waals surface area contributed by atoms with Gasteiger partial charge in [0.2, 0.25) is 0 Å². The number of aliphatic hydroxyl groups excluding tert-OH is 1. The van der Waals surface area contributed by atoms with Gasteiger partial charge in [0.15, 0.2) is 5.78 Å². The van der Waals surface area contributed by atoms with E-state index in [4.69, 9.17) is 11.6 Å². The number of hydrogen-bond acceptors (Lipinski definition) is 2. The molecule has 0 aliphatic heterocycles. The van der Waals surface area contributed by atoms with E-state index in [1.54, 1.807) is 6.07 Å². The van der Waals surface area contributed by atoms with Crippen LogP contribution in [0.1, 0.15) is 37.7 Å². The van der Waals surface area contributed by atoms with Gasteiger partial charge >= 0.3 is 0 Å². The van der Waals surface area contributed by atoms with E-state index in [1.165, 1.54) is 12.1 Å². The second-order valence-electron chi connectivity index (χ2n) is 5.19. The zero-order chi connectivity index (χ0) is 13.8. The van der Waals surface area contributed by atoms with Gasteiger partial charge in [0.05, 0.1) is 0 Å². The molecule has 1 aliphatic carbocycles. The molecule has 1 fully saturated rings. The molecule has 1 unspecified atom stereocenters. The monoisotopic (exact) mass is 284 g/mol.